The van der Waals surface area contributed by atoms with Crippen molar-refractivity contribution in [3.05, 3.63) is 42.5 Å². The first-order valence-electron chi connectivity index (χ1n) is 5.99. The standard InChI is InChI=1S/C15H18N2O2/c1-17(2)11-5-4-6-13(9-11)19-15-8-7-12(18-3)10-14(15)16/h4-10H,16H2,1-3H3. The van der Waals surface area contributed by atoms with Crippen molar-refractivity contribution in [3.8, 4) is 17.2 Å². The Kier molecular flexibility index (Phi) is 3.80. The van der Waals surface area contributed by atoms with Crippen LogP contribution in [0.5, 0.6) is 17.2 Å². The minimum Gasteiger partial charge on any atom is -0.497 e. The van der Waals surface area contributed by atoms with Crippen LogP contribution in [0.25, 0.3) is 0 Å². The van der Waals surface area contributed by atoms with Gasteiger partial charge in [0.25, 0.3) is 0 Å². The van der Waals surface area contributed by atoms with E-state index in [0.717, 1.165) is 11.4 Å². The van der Waals surface area contributed by atoms with Gasteiger partial charge in [-0.25, -0.2) is 0 Å². The lowest BCUT2D eigenvalue weighted by molar-refractivity contribution is 0.413. The van der Waals surface area contributed by atoms with Crippen molar-refractivity contribution < 1.29 is 9.47 Å². The van der Waals surface area contributed by atoms with Gasteiger partial charge in [-0.2, -0.15) is 0 Å². The fourth-order valence-electron chi connectivity index (χ4n) is 1.70. The van der Waals surface area contributed by atoms with Crippen molar-refractivity contribution in [3.63, 3.8) is 0 Å². The molecule has 2 N–H and O–H groups in total. The molecule has 0 heterocycles. The summed E-state index contributed by atoms with van der Waals surface area (Å²) in [5.74, 6) is 2.09. The van der Waals surface area contributed by atoms with Crippen molar-refractivity contribution in [1.82, 2.24) is 0 Å². The highest BCUT2D eigenvalue weighted by Gasteiger charge is 2.05. The Balaban J connectivity index is 2.23. The first-order valence-corrected chi connectivity index (χ1v) is 5.99. The summed E-state index contributed by atoms with van der Waals surface area (Å²) in [4.78, 5) is 2.02. The second-order valence-corrected chi connectivity index (χ2v) is 4.40. The molecule has 0 spiro atoms. The minimum absolute atomic E-state index is 0.551. The molecule has 0 radical (unpaired) electrons. The third-order valence-electron chi connectivity index (χ3n) is 2.78. The fraction of sp³-hybridized carbons (Fsp3) is 0.200. The predicted octanol–water partition coefficient (Wildman–Crippen LogP) is 3.14. The van der Waals surface area contributed by atoms with E-state index in [9.17, 15) is 0 Å². The molecule has 0 aliphatic rings. The number of methoxy groups -OCH3 is 1. The summed E-state index contributed by atoms with van der Waals surface area (Å²) >= 11 is 0. The lowest BCUT2D eigenvalue weighted by Gasteiger charge is -2.14. The molecule has 0 unspecified atom stereocenters. The van der Waals surface area contributed by atoms with Gasteiger partial charge in [-0.15, -0.1) is 0 Å². The number of nitrogens with two attached hydrogens (primary N) is 1. The number of benzene rings is 2. The summed E-state index contributed by atoms with van der Waals surface area (Å²) in [5.41, 5.74) is 7.55. The van der Waals surface area contributed by atoms with Gasteiger partial charge in [0.2, 0.25) is 0 Å². The Morgan fingerprint density at radius 3 is 2.42 bits per heavy atom. The summed E-state index contributed by atoms with van der Waals surface area (Å²) < 4.78 is 10.9. The van der Waals surface area contributed by atoms with Gasteiger partial charge < -0.3 is 20.1 Å². The van der Waals surface area contributed by atoms with E-state index < -0.39 is 0 Å². The van der Waals surface area contributed by atoms with Crippen molar-refractivity contribution in [2.75, 3.05) is 31.8 Å². The van der Waals surface area contributed by atoms with Crippen molar-refractivity contribution in [1.29, 1.82) is 0 Å². The summed E-state index contributed by atoms with van der Waals surface area (Å²) in [6.07, 6.45) is 0. The molecule has 0 fully saturated rings. The molecule has 0 bridgehead atoms. The highest BCUT2D eigenvalue weighted by atomic mass is 16.5. The van der Waals surface area contributed by atoms with E-state index in [1.54, 1.807) is 19.2 Å². The number of hydrogen-bond donors (Lipinski definition) is 1. The van der Waals surface area contributed by atoms with E-state index in [-0.39, 0.29) is 0 Å². The molecular weight excluding hydrogens is 240 g/mol. The Labute approximate surface area is 113 Å². The summed E-state index contributed by atoms with van der Waals surface area (Å²) in [6.45, 7) is 0. The molecule has 0 aliphatic heterocycles. The molecule has 19 heavy (non-hydrogen) atoms. The summed E-state index contributed by atoms with van der Waals surface area (Å²) in [7, 11) is 5.58. The van der Waals surface area contributed by atoms with Gasteiger partial charge in [0.1, 0.15) is 11.5 Å². The molecule has 2 aromatic rings. The fourth-order valence-corrected chi connectivity index (χ4v) is 1.70. The summed E-state index contributed by atoms with van der Waals surface area (Å²) in [6, 6.07) is 13.2. The van der Waals surface area contributed by atoms with E-state index in [2.05, 4.69) is 0 Å². The van der Waals surface area contributed by atoms with Crippen LogP contribution >= 0.6 is 0 Å². The second kappa shape index (κ2) is 5.52. The molecule has 4 heteroatoms. The highest BCUT2D eigenvalue weighted by molar-refractivity contribution is 5.58. The van der Waals surface area contributed by atoms with Crippen molar-refractivity contribution >= 4 is 11.4 Å². The average Bonchev–Trinajstić information content (AvgIpc) is 2.41. The van der Waals surface area contributed by atoms with Gasteiger partial charge in [-0.05, 0) is 24.3 Å². The molecule has 100 valence electrons. The maximum atomic E-state index is 5.93. The van der Waals surface area contributed by atoms with Gasteiger partial charge >= 0.3 is 0 Å². The Hall–Kier alpha value is -2.36. The van der Waals surface area contributed by atoms with E-state index in [1.165, 1.54) is 0 Å². The number of hydrogen-bond acceptors (Lipinski definition) is 4. The lowest BCUT2D eigenvalue weighted by atomic mass is 10.2. The second-order valence-electron chi connectivity index (χ2n) is 4.40. The Morgan fingerprint density at radius 1 is 1.00 bits per heavy atom. The predicted molar refractivity (Wildman–Crippen MR) is 78.2 cm³/mol. The highest BCUT2D eigenvalue weighted by Crippen LogP contribution is 2.31. The zero-order valence-corrected chi connectivity index (χ0v) is 11.4. The Morgan fingerprint density at radius 2 is 1.79 bits per heavy atom. The molecule has 0 aliphatic carbocycles. The molecule has 0 saturated heterocycles. The number of nitrogens with zero attached hydrogens (tertiary/aromatic N) is 1. The van der Waals surface area contributed by atoms with Crippen LogP contribution in [-0.2, 0) is 0 Å². The van der Waals surface area contributed by atoms with Gasteiger partial charge in [0, 0.05) is 31.9 Å². The molecule has 2 rings (SSSR count). The quantitative estimate of drug-likeness (QED) is 0.856. The van der Waals surface area contributed by atoms with Crippen LogP contribution in [0.3, 0.4) is 0 Å². The first kappa shape index (κ1) is 13.1. The molecule has 0 saturated carbocycles. The van der Waals surface area contributed by atoms with Crippen molar-refractivity contribution in [2.24, 2.45) is 0 Å². The minimum atomic E-state index is 0.551. The molecule has 4 nitrogen and oxygen atoms in total. The van der Waals surface area contributed by atoms with E-state index >= 15 is 0 Å². The monoisotopic (exact) mass is 258 g/mol. The zero-order valence-electron chi connectivity index (χ0n) is 11.4. The molecule has 0 amide bonds. The van der Waals surface area contributed by atoms with Crippen LogP contribution in [0, 0.1) is 0 Å². The molecule has 2 aromatic carbocycles. The maximum absolute atomic E-state index is 5.93. The molecular formula is C15H18N2O2. The van der Waals surface area contributed by atoms with E-state index in [1.807, 2.05) is 49.3 Å². The van der Waals surface area contributed by atoms with Gasteiger partial charge in [-0.1, -0.05) is 6.07 Å². The Bertz CT molecular complexity index is 568. The zero-order chi connectivity index (χ0) is 13.8. The topological polar surface area (TPSA) is 47.7 Å². The van der Waals surface area contributed by atoms with E-state index in [0.29, 0.717) is 17.2 Å². The third kappa shape index (κ3) is 3.10. The first-order chi connectivity index (χ1) is 9.10. The van der Waals surface area contributed by atoms with Crippen LogP contribution in [0.4, 0.5) is 11.4 Å². The number of nitrogen functional groups attached to an aromatic ring is 1. The van der Waals surface area contributed by atoms with Crippen LogP contribution in [0.2, 0.25) is 0 Å². The van der Waals surface area contributed by atoms with E-state index in [4.69, 9.17) is 15.2 Å². The number of rotatable bonds is 4. The maximum Gasteiger partial charge on any atom is 0.150 e. The average molecular weight is 258 g/mol. The van der Waals surface area contributed by atoms with Crippen LogP contribution in [0.15, 0.2) is 42.5 Å². The SMILES string of the molecule is COc1ccc(Oc2cccc(N(C)C)c2)c(N)c1. The van der Waals surface area contributed by atoms with Crippen molar-refractivity contribution in [2.45, 2.75) is 0 Å². The number of ether oxygens (including phenoxy) is 2. The molecule has 0 aromatic heterocycles. The number of anilines is 2. The smallest absolute Gasteiger partial charge is 0.150 e. The summed E-state index contributed by atoms with van der Waals surface area (Å²) in [5, 5.41) is 0. The van der Waals surface area contributed by atoms with Gasteiger partial charge in [-0.3, -0.25) is 0 Å². The molecule has 0 atom stereocenters. The van der Waals surface area contributed by atoms with Crippen LogP contribution in [-0.4, -0.2) is 21.2 Å². The largest absolute Gasteiger partial charge is 0.497 e. The third-order valence-corrected chi connectivity index (χ3v) is 2.78. The lowest BCUT2D eigenvalue weighted by Crippen LogP contribution is -2.08. The van der Waals surface area contributed by atoms with Gasteiger partial charge in [0.15, 0.2) is 5.75 Å². The van der Waals surface area contributed by atoms with Gasteiger partial charge in [0.05, 0.1) is 12.8 Å². The normalized spacial score (nSPS) is 10.1. The van der Waals surface area contributed by atoms with Crippen LogP contribution in [0.1, 0.15) is 0 Å². The van der Waals surface area contributed by atoms with Crippen LogP contribution < -0.4 is 20.1 Å².